The minimum atomic E-state index is -0.317. The predicted octanol–water partition coefficient (Wildman–Crippen LogP) is 4.62. The molecule has 2 aromatic carbocycles. The summed E-state index contributed by atoms with van der Waals surface area (Å²) in [5.41, 5.74) is 1.55. The van der Waals surface area contributed by atoms with Gasteiger partial charge in [0.05, 0.1) is 22.5 Å². The first-order valence-electron chi connectivity index (χ1n) is 8.58. The van der Waals surface area contributed by atoms with Crippen molar-refractivity contribution in [2.24, 2.45) is 11.8 Å². The molecular weight excluding hydrogens is 371 g/mol. The number of rotatable bonds is 6. The van der Waals surface area contributed by atoms with E-state index < -0.39 is 0 Å². The van der Waals surface area contributed by atoms with E-state index in [-0.39, 0.29) is 23.7 Å². The molecule has 1 N–H and O–H groups in total. The van der Waals surface area contributed by atoms with Crippen molar-refractivity contribution in [2.45, 2.75) is 19.9 Å². The molecule has 0 heterocycles. The monoisotopic (exact) mass is 390 g/mol. The van der Waals surface area contributed by atoms with Crippen molar-refractivity contribution >= 4 is 40.7 Å². The lowest BCUT2D eigenvalue weighted by Gasteiger charge is -2.21. The smallest absolute Gasteiger partial charge is 0.228 e. The Morgan fingerprint density at radius 3 is 2.54 bits per heavy atom. The fourth-order valence-corrected chi connectivity index (χ4v) is 3.30. The van der Waals surface area contributed by atoms with Crippen LogP contribution in [-0.2, 0) is 16.1 Å². The van der Waals surface area contributed by atoms with Gasteiger partial charge >= 0.3 is 0 Å². The fourth-order valence-electron chi connectivity index (χ4n) is 2.96. The Labute approximate surface area is 163 Å². The summed E-state index contributed by atoms with van der Waals surface area (Å²) in [6.07, 6.45) is 0.564. The number of anilines is 1. The Bertz CT molecular complexity index is 811. The largest absolute Gasteiger partial charge is 0.338 e. The molecule has 2 atom stereocenters. The first-order valence-corrected chi connectivity index (χ1v) is 9.33. The molecule has 2 aromatic rings. The quantitative estimate of drug-likeness (QED) is 0.782. The maximum absolute atomic E-state index is 12.7. The third-order valence-electron chi connectivity index (χ3n) is 4.54. The van der Waals surface area contributed by atoms with Gasteiger partial charge in [-0.3, -0.25) is 9.59 Å². The predicted molar refractivity (Wildman–Crippen MR) is 104 cm³/mol. The topological polar surface area (TPSA) is 49.4 Å². The molecule has 1 saturated carbocycles. The molecule has 1 aliphatic rings. The lowest BCUT2D eigenvalue weighted by atomic mass is 10.2. The van der Waals surface area contributed by atoms with Gasteiger partial charge in [0.2, 0.25) is 11.8 Å². The first-order chi connectivity index (χ1) is 12.5. The molecule has 0 saturated heterocycles. The van der Waals surface area contributed by atoms with Crippen molar-refractivity contribution < 1.29 is 9.59 Å². The number of nitrogens with zero attached hydrogens (tertiary/aromatic N) is 1. The molecule has 0 spiro atoms. The number of benzene rings is 2. The molecule has 136 valence electrons. The molecule has 2 amide bonds. The van der Waals surface area contributed by atoms with E-state index in [1.807, 2.05) is 37.3 Å². The summed E-state index contributed by atoms with van der Waals surface area (Å²) in [6, 6.07) is 14.7. The van der Waals surface area contributed by atoms with Crippen molar-refractivity contribution in [1.82, 2.24) is 4.90 Å². The Kier molecular flexibility index (Phi) is 5.84. The highest BCUT2D eigenvalue weighted by atomic mass is 35.5. The number of hydrogen-bond donors (Lipinski definition) is 1. The van der Waals surface area contributed by atoms with Crippen LogP contribution in [0.15, 0.2) is 48.5 Å². The van der Waals surface area contributed by atoms with E-state index in [1.54, 1.807) is 23.1 Å². The average molecular weight is 391 g/mol. The minimum absolute atomic E-state index is 0.0219. The summed E-state index contributed by atoms with van der Waals surface area (Å²) in [5.74, 6) is -0.754. The third kappa shape index (κ3) is 4.37. The van der Waals surface area contributed by atoms with E-state index >= 15 is 0 Å². The number of halogens is 2. The van der Waals surface area contributed by atoms with Crippen molar-refractivity contribution in [3.8, 4) is 0 Å². The van der Waals surface area contributed by atoms with E-state index in [4.69, 9.17) is 23.2 Å². The van der Waals surface area contributed by atoms with Crippen LogP contribution < -0.4 is 5.32 Å². The molecule has 4 nitrogen and oxygen atoms in total. The minimum Gasteiger partial charge on any atom is -0.338 e. The summed E-state index contributed by atoms with van der Waals surface area (Å²) >= 11 is 12.0. The van der Waals surface area contributed by atoms with Crippen LogP contribution in [0.2, 0.25) is 10.0 Å². The van der Waals surface area contributed by atoms with Crippen LogP contribution in [0, 0.1) is 11.8 Å². The normalized spacial score (nSPS) is 18.3. The van der Waals surface area contributed by atoms with Gasteiger partial charge in [0, 0.05) is 18.1 Å². The van der Waals surface area contributed by atoms with Gasteiger partial charge in [-0.25, -0.2) is 0 Å². The summed E-state index contributed by atoms with van der Waals surface area (Å²) in [7, 11) is 0. The zero-order chi connectivity index (χ0) is 18.7. The van der Waals surface area contributed by atoms with E-state index in [1.165, 1.54) is 0 Å². The maximum Gasteiger partial charge on any atom is 0.228 e. The zero-order valence-corrected chi connectivity index (χ0v) is 15.9. The third-order valence-corrected chi connectivity index (χ3v) is 5.11. The second-order valence-corrected chi connectivity index (χ2v) is 7.24. The van der Waals surface area contributed by atoms with Gasteiger partial charge in [-0.2, -0.15) is 0 Å². The van der Waals surface area contributed by atoms with E-state index in [2.05, 4.69) is 5.32 Å². The highest BCUT2D eigenvalue weighted by molar-refractivity contribution is 6.35. The van der Waals surface area contributed by atoms with Crippen LogP contribution in [0.25, 0.3) is 0 Å². The summed E-state index contributed by atoms with van der Waals surface area (Å²) in [6.45, 7) is 3.11. The van der Waals surface area contributed by atoms with Crippen molar-refractivity contribution in [3.05, 3.63) is 64.1 Å². The molecule has 6 heteroatoms. The molecule has 0 aliphatic heterocycles. The average Bonchev–Trinajstić information content (AvgIpc) is 3.44. The first kappa shape index (κ1) is 18.7. The zero-order valence-electron chi connectivity index (χ0n) is 14.4. The lowest BCUT2D eigenvalue weighted by Crippen LogP contribution is -2.33. The standard InChI is InChI=1S/C20H20Cl2N2O2/c1-2-24(12-13-6-4-3-5-7-13)20(26)16-11-15(16)19(25)23-18-10-14(21)8-9-17(18)22/h3-10,15-16H,2,11-12H2,1H3,(H,23,25). The van der Waals surface area contributed by atoms with Gasteiger partial charge in [-0.1, -0.05) is 53.5 Å². The van der Waals surface area contributed by atoms with Crippen molar-refractivity contribution in [3.63, 3.8) is 0 Å². The van der Waals surface area contributed by atoms with Crippen LogP contribution in [0.4, 0.5) is 5.69 Å². The number of carbonyl (C=O) groups is 2. The highest BCUT2D eigenvalue weighted by Gasteiger charge is 2.49. The molecular formula is C20H20Cl2N2O2. The number of amides is 2. The number of hydrogen-bond acceptors (Lipinski definition) is 2. The second kappa shape index (κ2) is 8.11. The Morgan fingerprint density at radius 2 is 1.85 bits per heavy atom. The van der Waals surface area contributed by atoms with Gasteiger partial charge < -0.3 is 10.2 Å². The van der Waals surface area contributed by atoms with E-state index in [9.17, 15) is 9.59 Å². The number of carbonyl (C=O) groups excluding carboxylic acids is 2. The fraction of sp³-hybridized carbons (Fsp3) is 0.300. The van der Waals surface area contributed by atoms with Crippen LogP contribution in [0.3, 0.4) is 0 Å². The summed E-state index contributed by atoms with van der Waals surface area (Å²) in [4.78, 5) is 27.0. The Hall–Kier alpha value is -2.04. The maximum atomic E-state index is 12.7. The van der Waals surface area contributed by atoms with Crippen LogP contribution >= 0.6 is 23.2 Å². The van der Waals surface area contributed by atoms with Crippen molar-refractivity contribution in [2.75, 3.05) is 11.9 Å². The second-order valence-electron chi connectivity index (χ2n) is 6.40. The van der Waals surface area contributed by atoms with E-state index in [0.717, 1.165) is 5.56 Å². The van der Waals surface area contributed by atoms with Gasteiger partial charge in [0.25, 0.3) is 0 Å². The number of nitrogens with one attached hydrogen (secondary N) is 1. The molecule has 26 heavy (non-hydrogen) atoms. The Morgan fingerprint density at radius 1 is 1.12 bits per heavy atom. The van der Waals surface area contributed by atoms with Gasteiger partial charge in [0.1, 0.15) is 0 Å². The molecule has 3 rings (SSSR count). The lowest BCUT2D eigenvalue weighted by molar-refractivity contribution is -0.134. The van der Waals surface area contributed by atoms with Gasteiger partial charge in [-0.05, 0) is 37.1 Å². The van der Waals surface area contributed by atoms with Crippen LogP contribution in [-0.4, -0.2) is 23.3 Å². The van der Waals surface area contributed by atoms with Gasteiger partial charge in [-0.15, -0.1) is 0 Å². The SMILES string of the molecule is CCN(Cc1ccccc1)C(=O)C1CC1C(=O)Nc1cc(Cl)ccc1Cl. The summed E-state index contributed by atoms with van der Waals surface area (Å²) in [5, 5.41) is 3.69. The molecule has 1 aliphatic carbocycles. The molecule has 0 radical (unpaired) electrons. The van der Waals surface area contributed by atoms with Crippen LogP contribution in [0.1, 0.15) is 18.9 Å². The van der Waals surface area contributed by atoms with E-state index in [0.29, 0.717) is 35.2 Å². The molecule has 0 aromatic heterocycles. The van der Waals surface area contributed by atoms with Gasteiger partial charge in [0.15, 0.2) is 0 Å². The Balaban J connectivity index is 1.60. The highest BCUT2D eigenvalue weighted by Crippen LogP contribution is 2.41. The summed E-state index contributed by atoms with van der Waals surface area (Å²) < 4.78 is 0. The van der Waals surface area contributed by atoms with Crippen molar-refractivity contribution in [1.29, 1.82) is 0 Å². The molecule has 0 bridgehead atoms. The molecule has 2 unspecified atom stereocenters. The molecule has 1 fully saturated rings. The van der Waals surface area contributed by atoms with Crippen LogP contribution in [0.5, 0.6) is 0 Å².